The number of fused-ring (bicyclic) bond motifs is 4. The maximum absolute atomic E-state index is 15.1. The summed E-state index contributed by atoms with van der Waals surface area (Å²) < 4.78 is 33.7. The number of pyridine rings is 4. The Labute approximate surface area is 674 Å². The van der Waals surface area contributed by atoms with E-state index in [0.717, 1.165) is 50.9 Å². The monoisotopic (exact) mass is 1510 g/mol. The van der Waals surface area contributed by atoms with Gasteiger partial charge in [-0.15, -0.1) is 0 Å². The minimum atomic E-state index is -0.442. The topological polar surface area (TPSA) is 86.8 Å². The number of para-hydroxylation sites is 6. The van der Waals surface area contributed by atoms with Crippen LogP contribution in [0, 0.1) is 96.0 Å². The molecule has 0 N–H and O–H groups in total. The van der Waals surface area contributed by atoms with E-state index in [1.807, 2.05) is 69.4 Å². The average Bonchev–Trinajstić information content (AvgIpc) is 1.58. The molecule has 0 aliphatic rings. The van der Waals surface area contributed by atoms with Crippen LogP contribution < -0.4 is 18.3 Å². The van der Waals surface area contributed by atoms with E-state index in [1.54, 1.807) is 0 Å². The Morgan fingerprint density at radius 2 is 0.605 bits per heavy atom. The molecule has 0 amide bonds. The lowest BCUT2D eigenvalue weighted by atomic mass is 9.92. The van der Waals surface area contributed by atoms with Gasteiger partial charge >= 0.3 is 0 Å². The van der Waals surface area contributed by atoms with Crippen LogP contribution in [0.25, 0.3) is 112 Å². The highest BCUT2D eigenvalue weighted by molar-refractivity contribution is 5.86. The molecule has 8 aromatic carbocycles. The molecule has 8 aromatic heterocycles. The fraction of sp³-hybridized carbons (Fsp3) is 0.287. The number of halogens is 1. The van der Waals surface area contributed by atoms with Gasteiger partial charge in [0.15, 0.2) is 44.1 Å². The van der Waals surface area contributed by atoms with Crippen molar-refractivity contribution >= 4 is 44.1 Å². The van der Waals surface area contributed by atoms with E-state index in [4.69, 9.17) is 0 Å². The predicted octanol–water partition coefficient (Wildman–Crippen LogP) is 22.7. The summed E-state index contributed by atoms with van der Waals surface area (Å²) in [4.78, 5) is 17.3. The summed E-state index contributed by atoms with van der Waals surface area (Å²) in [5.74, 6) is 5.38. The zero-order valence-corrected chi connectivity index (χ0v) is 71.7. The third-order valence-corrected chi connectivity index (χ3v) is 23.5. The highest BCUT2D eigenvalue weighted by Gasteiger charge is 2.37. The molecule has 0 spiro atoms. The molecule has 114 heavy (non-hydrogen) atoms. The minimum Gasteiger partial charge on any atom is -0.264 e. The number of hydrogen-bond donors (Lipinski definition) is 0. The molecule has 16 aromatic rings. The fourth-order valence-corrected chi connectivity index (χ4v) is 16.7. The molecule has 580 valence electrons. The van der Waals surface area contributed by atoms with Crippen molar-refractivity contribution < 1.29 is 22.7 Å². The van der Waals surface area contributed by atoms with Crippen LogP contribution in [0.15, 0.2) is 207 Å². The summed E-state index contributed by atoms with van der Waals surface area (Å²) in [6.45, 7) is 46.1. The molecular weight excluding hydrogens is 1400 g/mol. The van der Waals surface area contributed by atoms with E-state index < -0.39 is 5.95 Å². The molecule has 0 aliphatic carbocycles. The van der Waals surface area contributed by atoms with Crippen LogP contribution in [0.3, 0.4) is 0 Å². The van der Waals surface area contributed by atoms with Gasteiger partial charge in [-0.2, -0.15) is 22.7 Å². The minimum absolute atomic E-state index is 0.331. The number of benzene rings is 8. The first kappa shape index (κ1) is 80.2. The summed E-state index contributed by atoms with van der Waals surface area (Å²) in [5.41, 5.74) is 40.0. The van der Waals surface area contributed by atoms with Crippen molar-refractivity contribution in [2.45, 2.75) is 169 Å². The molecule has 0 bridgehead atoms. The van der Waals surface area contributed by atoms with Crippen LogP contribution in [0.5, 0.6) is 0 Å². The van der Waals surface area contributed by atoms with E-state index in [9.17, 15) is 0 Å². The van der Waals surface area contributed by atoms with Crippen molar-refractivity contribution in [3.63, 3.8) is 0 Å². The molecule has 13 heteroatoms. The number of aryl methyl sites for hydroxylation is 17. The molecular formula is C101H113FN12+4. The van der Waals surface area contributed by atoms with E-state index in [-0.39, 0.29) is 0 Å². The second-order valence-electron chi connectivity index (χ2n) is 32.7. The van der Waals surface area contributed by atoms with Gasteiger partial charge in [0.2, 0.25) is 5.95 Å². The molecule has 0 unspecified atom stereocenters. The number of rotatable bonds is 12. The Morgan fingerprint density at radius 1 is 0.281 bits per heavy atom. The van der Waals surface area contributed by atoms with Crippen molar-refractivity contribution in [2.75, 3.05) is 0 Å². The molecule has 12 nitrogen and oxygen atoms in total. The smallest absolute Gasteiger partial charge is 0.264 e. The Kier molecular flexibility index (Phi) is 23.0. The van der Waals surface area contributed by atoms with Crippen LogP contribution in [0.1, 0.15) is 174 Å². The SMILES string of the molecule is Cc1cc2c(cc1C)[n+](C)c(-c1cnccc1C)n2-c1c(C(C)C)cccc1C(C)C.Cc1cc2c(cc1C)[n+](C)c(-c1cnccc1C)n2-c1c(C)cccc1C.Cc1cc2c(cc1C)[n+](C)c(-c1cnccc1C)n2-c1ccccc1C.Cc1ccnc(F)c1-c1n(-c2c(C(C)C)cccc2C(C)C)c2ccccc2[n+]1C. The first-order chi connectivity index (χ1) is 54.4. The zero-order chi connectivity index (χ0) is 81.7. The third kappa shape index (κ3) is 14.7. The highest BCUT2D eigenvalue weighted by atomic mass is 19.1. The second-order valence-corrected chi connectivity index (χ2v) is 32.7. The highest BCUT2D eigenvalue weighted by Crippen LogP contribution is 2.42. The van der Waals surface area contributed by atoms with Crippen molar-refractivity contribution in [1.29, 1.82) is 0 Å². The van der Waals surface area contributed by atoms with Crippen LogP contribution in [0.4, 0.5) is 4.39 Å². The summed E-state index contributed by atoms with van der Waals surface area (Å²) in [6.07, 6.45) is 13.1. The van der Waals surface area contributed by atoms with Gasteiger partial charge in [0.25, 0.3) is 23.3 Å². The Balaban J connectivity index is 0.000000133. The normalized spacial score (nSPS) is 11.6. The molecule has 16 rings (SSSR count). The van der Waals surface area contributed by atoms with Crippen LogP contribution >= 0.6 is 0 Å². The largest absolute Gasteiger partial charge is 0.299 e. The molecule has 0 aliphatic heterocycles. The number of aromatic nitrogens is 12. The van der Waals surface area contributed by atoms with E-state index >= 15 is 4.39 Å². The van der Waals surface area contributed by atoms with Crippen LogP contribution in [-0.2, 0) is 28.2 Å². The maximum atomic E-state index is 15.1. The average molecular weight is 1510 g/mol. The van der Waals surface area contributed by atoms with Gasteiger partial charge < -0.3 is 0 Å². The summed E-state index contributed by atoms with van der Waals surface area (Å²) >= 11 is 0. The predicted molar refractivity (Wildman–Crippen MR) is 469 cm³/mol. The summed E-state index contributed by atoms with van der Waals surface area (Å²) in [7, 11) is 8.49. The fourth-order valence-electron chi connectivity index (χ4n) is 16.7. The van der Waals surface area contributed by atoms with Crippen LogP contribution in [-0.4, -0.2) is 38.2 Å². The van der Waals surface area contributed by atoms with Gasteiger partial charge in [-0.05, 0) is 265 Å². The molecule has 0 saturated carbocycles. The molecule has 0 saturated heterocycles. The van der Waals surface area contributed by atoms with Crippen molar-refractivity contribution in [2.24, 2.45) is 28.2 Å². The molecule has 0 atom stereocenters. The molecule has 0 fully saturated rings. The standard InChI is InChI=1S/C28H34N3.C26H29FN3.C24H26N3.C23H24N3/c1-17(2)22-10-9-11-23(18(3)4)27(22)31-26-15-21(7)20(6)14-25(26)30(8)28(31)24-16-29-13-12-19(24)5;1-16(2)19-10-9-11-20(17(3)4)24(19)30-22-13-8-7-12-21(22)29(6)26(30)23-18(5)14-15-28-25(23)27;1-15-10-11-25-14-20(15)24-26(6)21-12-18(4)19(5)13-22(21)27(24)23-16(2)8-7-9-17(23)3;1-15-10-11-24-14-19(15)23-25(5)21-12-17(3)18(4)13-22(21)26(23)20-9-7-6-8-16(20)2/h9-18H,1-8H3;7-17H,1-6H3;7-14H,1-6H3;6-14H,1-5H3/q4*+1. The maximum Gasteiger partial charge on any atom is 0.299 e. The Hall–Kier alpha value is -11.8. The van der Waals surface area contributed by atoms with Gasteiger partial charge in [0.05, 0.1) is 44.9 Å². The number of hydrogen-bond acceptors (Lipinski definition) is 4. The van der Waals surface area contributed by atoms with Gasteiger partial charge in [-0.3, -0.25) is 15.0 Å². The lowest BCUT2D eigenvalue weighted by Gasteiger charge is -2.18. The van der Waals surface area contributed by atoms with Gasteiger partial charge in [-0.1, -0.05) is 140 Å². The number of imidazole rings is 4. The third-order valence-electron chi connectivity index (χ3n) is 23.5. The van der Waals surface area contributed by atoms with Gasteiger partial charge in [0, 0.05) is 65.6 Å². The number of nitrogens with zero attached hydrogens (tertiary/aromatic N) is 12. The van der Waals surface area contributed by atoms with Crippen LogP contribution in [0.2, 0.25) is 0 Å². The second kappa shape index (κ2) is 32.7. The lowest BCUT2D eigenvalue weighted by Crippen LogP contribution is -2.31. The summed E-state index contributed by atoms with van der Waals surface area (Å²) in [6, 6.07) is 58.7. The van der Waals surface area contributed by atoms with Crippen molar-refractivity contribution in [3.8, 4) is 68.3 Å². The quantitative estimate of drug-likeness (QED) is 0.0901. The van der Waals surface area contributed by atoms with Gasteiger partial charge in [0.1, 0.15) is 28.3 Å². The van der Waals surface area contributed by atoms with Crippen molar-refractivity contribution in [3.05, 3.63) is 308 Å². The van der Waals surface area contributed by atoms with E-state index in [0.29, 0.717) is 29.2 Å². The van der Waals surface area contributed by atoms with E-state index in [2.05, 4.69) is 362 Å². The van der Waals surface area contributed by atoms with Crippen molar-refractivity contribution in [1.82, 2.24) is 38.2 Å². The summed E-state index contributed by atoms with van der Waals surface area (Å²) in [5, 5.41) is 0. The Bertz CT molecular complexity index is 6270. The van der Waals surface area contributed by atoms with E-state index in [1.165, 1.54) is 157 Å². The first-order valence-corrected chi connectivity index (χ1v) is 40.2. The lowest BCUT2D eigenvalue weighted by molar-refractivity contribution is -0.634. The zero-order valence-electron chi connectivity index (χ0n) is 71.7. The first-order valence-electron chi connectivity index (χ1n) is 40.2. The molecule has 8 heterocycles. The Morgan fingerprint density at radius 3 is 1.00 bits per heavy atom. The van der Waals surface area contributed by atoms with Gasteiger partial charge in [-0.25, -0.2) is 23.3 Å². The molecule has 0 radical (unpaired) electrons.